The van der Waals surface area contributed by atoms with E-state index < -0.39 is 23.3 Å². The zero-order chi connectivity index (χ0) is 102. The van der Waals surface area contributed by atoms with E-state index in [2.05, 4.69) is 92.6 Å². The fourth-order valence-corrected chi connectivity index (χ4v) is 15.4. The quantitative estimate of drug-likeness (QED) is 0.00563. The van der Waals surface area contributed by atoms with E-state index in [0.29, 0.717) is 208 Å². The van der Waals surface area contributed by atoms with Gasteiger partial charge in [0.05, 0.1) is 116 Å². The van der Waals surface area contributed by atoms with E-state index in [-0.39, 0.29) is 92.6 Å². The summed E-state index contributed by atoms with van der Waals surface area (Å²) in [5.74, 6) is 1.55. The number of ketones is 2. The lowest BCUT2D eigenvalue weighted by molar-refractivity contribution is -0.140. The minimum Gasteiger partial charge on any atom is -0.492 e. The molecule has 43 heteroatoms. The Hall–Kier alpha value is -13.3. The van der Waals surface area contributed by atoms with Gasteiger partial charge in [0.15, 0.2) is 0 Å². The van der Waals surface area contributed by atoms with Gasteiger partial charge in [-0.1, -0.05) is 70.8 Å². The van der Waals surface area contributed by atoms with Gasteiger partial charge in [-0.05, 0) is 186 Å². The zero-order valence-electron chi connectivity index (χ0n) is 79.5. The highest BCUT2D eigenvalue weighted by Crippen LogP contribution is 2.40. The van der Waals surface area contributed by atoms with Gasteiger partial charge in [0.2, 0.25) is 17.7 Å². The predicted octanol–water partition coefficient (Wildman–Crippen LogP) is 20.9. The SMILES string of the molecule is CCOC(=O)CSCC(=O)N[C@@H](C)CNc1cc2c(Nc3ccc(F)c(Cl)c3)ncnc2cc1OCC.CCOc1cc2ncnc(Nc3ccc(F)c(Cl)c3)c2cc1NC(=O)/C=C/CN(C)CCC(C)=O.CCOc1cc2ncnc(Nc3ccc(F)c(Cl)c3)c2cc1NC(=O)/C=C/CN(C)CCCC(C)=O.S.[C-]#[N+]C1CCCN1C(=S)CNc1cc2c(Nc3ccc(F)c(Cl)c3)ncnc2cc1OCC. The summed E-state index contributed by atoms with van der Waals surface area (Å²) >= 11 is 30.4. The number of hydrogen-bond acceptors (Lipinski definition) is 29. The van der Waals surface area contributed by atoms with Gasteiger partial charge in [-0.2, -0.15) is 13.5 Å². The van der Waals surface area contributed by atoms with Crippen LogP contribution in [-0.4, -0.2) is 211 Å². The van der Waals surface area contributed by atoms with Crippen LogP contribution < -0.4 is 66.8 Å². The van der Waals surface area contributed by atoms with Crippen LogP contribution in [0, 0.1) is 29.8 Å². The Kier molecular flexibility index (Phi) is 45.1. The molecule has 9 N–H and O–H groups in total. The second kappa shape index (κ2) is 57.0. The van der Waals surface area contributed by atoms with Crippen molar-refractivity contribution in [3.63, 3.8) is 0 Å². The van der Waals surface area contributed by atoms with Crippen molar-refractivity contribution >= 4 is 237 Å². The normalized spacial score (nSPS) is 12.2. The number of Topliss-reactive ketones (excluding diaryl/α,β-unsaturated/α-hetero) is 2. The molecule has 5 heterocycles. The van der Waals surface area contributed by atoms with Gasteiger partial charge in [-0.3, -0.25) is 33.7 Å². The van der Waals surface area contributed by atoms with Crippen molar-refractivity contribution in [2.45, 2.75) is 99.7 Å². The number of aromatic nitrogens is 8. The molecule has 142 heavy (non-hydrogen) atoms. The molecular weight excluding hydrogens is 1970 g/mol. The molecule has 2 atom stereocenters. The molecule has 0 saturated carbocycles. The Balaban J connectivity index is 0.000000211. The average Bonchev–Trinajstić information content (AvgIpc) is 0.909. The molecule has 1 aliphatic rings. The number of halogens is 8. The van der Waals surface area contributed by atoms with Gasteiger partial charge in [-0.25, -0.2) is 64.0 Å². The van der Waals surface area contributed by atoms with Crippen LogP contribution in [0.2, 0.25) is 20.1 Å². The molecule has 1 fully saturated rings. The first-order chi connectivity index (χ1) is 67.8. The molecule has 4 aromatic heterocycles. The number of anilines is 12. The number of ether oxygens (including phenoxy) is 5. The first-order valence-corrected chi connectivity index (χ1v) is 47.9. The fourth-order valence-electron chi connectivity index (χ4n) is 13.8. The molecule has 3 amide bonds. The molecule has 8 aromatic carbocycles. The molecule has 0 radical (unpaired) electrons. The predicted molar refractivity (Wildman–Crippen MR) is 565 cm³/mol. The van der Waals surface area contributed by atoms with Gasteiger partial charge in [-0.15, -0.1) is 11.8 Å². The second-order valence-electron chi connectivity index (χ2n) is 31.5. The number of fused-ring (bicyclic) bond motifs is 4. The summed E-state index contributed by atoms with van der Waals surface area (Å²) in [5, 5.41) is 30.6. The average molecular weight is 2080 g/mol. The molecule has 12 aromatic rings. The summed E-state index contributed by atoms with van der Waals surface area (Å²) in [7, 11) is 3.81. The minimum absolute atomic E-state index is 0. The number of likely N-dealkylation sites (tertiary alicyclic amines) is 1. The Labute approximate surface area is 856 Å². The molecule has 32 nitrogen and oxygen atoms in total. The molecule has 0 bridgehead atoms. The lowest BCUT2D eigenvalue weighted by atomic mass is 10.1. The number of thiocarbonyl (C=S) groups is 1. The summed E-state index contributed by atoms with van der Waals surface area (Å²) in [4.78, 5) is 116. The van der Waals surface area contributed by atoms with Crippen LogP contribution in [0.4, 0.5) is 86.3 Å². The summed E-state index contributed by atoms with van der Waals surface area (Å²) in [6.45, 7) is 27.8. The van der Waals surface area contributed by atoms with Gasteiger partial charge in [0.25, 0.3) is 6.17 Å². The maximum Gasteiger partial charge on any atom is 0.315 e. The first kappa shape index (κ1) is 112. The van der Waals surface area contributed by atoms with E-state index in [4.69, 9.17) is 88.9 Å². The maximum atomic E-state index is 13.6. The van der Waals surface area contributed by atoms with Crippen LogP contribution in [0.1, 0.15) is 87.5 Å². The minimum atomic E-state index is -0.519. The molecule has 13 rings (SSSR count). The third-order valence-corrected chi connectivity index (χ3v) is 23.0. The highest BCUT2D eigenvalue weighted by Gasteiger charge is 2.31. The third kappa shape index (κ3) is 34.6. The number of carbonyl (C=O) groups is 6. The molecule has 0 spiro atoms. The van der Waals surface area contributed by atoms with Crippen LogP contribution in [0.5, 0.6) is 23.0 Å². The van der Waals surface area contributed by atoms with Crippen LogP contribution in [0.15, 0.2) is 171 Å². The number of esters is 1. The van der Waals surface area contributed by atoms with Gasteiger partial charge < -0.3 is 86.1 Å². The molecular formula is C99H109Cl4F4N21O11S3. The number of carbonyl (C=O) groups excluding carboxylic acids is 6. The molecule has 0 aliphatic carbocycles. The molecule has 1 aliphatic heterocycles. The number of likely N-dealkylation sites (N-methyl/N-ethyl adjacent to an activating group) is 2. The van der Waals surface area contributed by atoms with Crippen molar-refractivity contribution in [2.75, 3.05) is 147 Å². The lowest BCUT2D eigenvalue weighted by Gasteiger charge is -2.21. The van der Waals surface area contributed by atoms with Crippen LogP contribution in [0.3, 0.4) is 0 Å². The van der Waals surface area contributed by atoms with Gasteiger partial charge >= 0.3 is 5.97 Å². The number of amides is 3. The molecule has 1 unspecified atom stereocenters. The van der Waals surface area contributed by atoms with Crippen LogP contribution in [0.25, 0.3) is 48.5 Å². The summed E-state index contributed by atoms with van der Waals surface area (Å²) in [6.07, 6.45) is 15.5. The smallest absolute Gasteiger partial charge is 0.315 e. The van der Waals surface area contributed by atoms with Gasteiger partial charge in [0, 0.05) is 139 Å². The highest BCUT2D eigenvalue weighted by atomic mass is 35.5. The summed E-state index contributed by atoms with van der Waals surface area (Å²) < 4.78 is 82.1. The number of rotatable bonds is 43. The van der Waals surface area contributed by atoms with E-state index in [9.17, 15) is 46.3 Å². The second-order valence-corrected chi connectivity index (χ2v) is 34.6. The number of nitrogens with zero attached hydrogens (tertiary/aromatic N) is 12. The summed E-state index contributed by atoms with van der Waals surface area (Å²) in [5.41, 5.74) is 7.16. The van der Waals surface area contributed by atoms with E-state index >= 15 is 0 Å². The van der Waals surface area contributed by atoms with Crippen LogP contribution in [-0.2, 0) is 33.5 Å². The molecule has 1 saturated heterocycles. The Morgan fingerprint density at radius 1 is 0.514 bits per heavy atom. The van der Waals surface area contributed by atoms with Crippen molar-refractivity contribution in [1.82, 2.24) is 59.9 Å². The highest BCUT2D eigenvalue weighted by molar-refractivity contribution is 8.00. The number of thioether (sulfide) groups is 1. The lowest BCUT2D eigenvalue weighted by Crippen LogP contribution is -2.38. The number of benzene rings is 8. The van der Waals surface area contributed by atoms with E-state index in [1.807, 2.05) is 81.6 Å². The molecule has 750 valence electrons. The van der Waals surface area contributed by atoms with Crippen molar-refractivity contribution in [3.8, 4) is 23.0 Å². The topological polar surface area (TPSA) is 374 Å². The van der Waals surface area contributed by atoms with Gasteiger partial charge in [0.1, 0.15) is 111 Å². The van der Waals surface area contributed by atoms with Crippen LogP contribution >= 0.6 is 83.9 Å². The van der Waals surface area contributed by atoms with E-state index in [0.717, 1.165) is 43.4 Å². The fraction of sp³-hybridized carbons (Fsp3) is 0.313. The number of hydrogen-bond donors (Lipinski definition) is 9. The Bertz CT molecular complexity index is 6550. The first-order valence-electron chi connectivity index (χ1n) is 44.9. The number of nitrogens with one attached hydrogen (secondary N) is 9. The Morgan fingerprint density at radius 3 is 1.24 bits per heavy atom. The zero-order valence-corrected chi connectivity index (χ0v) is 85.1. The Morgan fingerprint density at radius 2 is 0.880 bits per heavy atom. The van der Waals surface area contributed by atoms with Crippen molar-refractivity contribution < 1.29 is 70.0 Å². The van der Waals surface area contributed by atoms with Crippen molar-refractivity contribution in [2.24, 2.45) is 0 Å². The maximum absolute atomic E-state index is 13.6. The standard InChI is InChI=1S/C26H29ClFN5O3.C25H29ClFN5O4S.C25H27ClFN5O3.C23H22ClFN6OS.H2S/c1-4-36-24-15-22-19(26(30-16-29-22)31-18-9-10-21(28)20(27)13-18)14-23(24)32-25(35)8-6-12-33(3)11-5-7-17(2)34;1-4-35-22-10-20-17(25(30-14-29-20)32-16-6-7-19(27)18(26)8-16)9-21(22)28-11-15(3)31-23(33)12-37-13-24(34)36-5-2;1-4-35-23-14-21-18(25(29-15-28-21)30-17-7-8-20(27)19(26)12-17)13-22(23)31-24(34)6-5-10-32(3)11-9-16(2)33;1-3-32-20-11-18-15(10-19(20)27-12-22(33)31-8-4-5-21(31)26-2)23(29-13-28-18)30-14-6-7-17(25)16(24)9-14;/h6,8-10,13-16H,4-5,7,11-12H2,1-3H3,(H,32,35)(H,29,30,31);6-10,14-15,28H,4-5,11-13H2,1-3H3,(H,31,33)(H,29,30,32);5-8,12-15H,4,9-11H2,1-3H3,(H,31,34)(H,28,29,30);6-7,9-11,13,21,27H,3-5,8,12H2,1H3,(H,28,29,30);1H2/b8-6+;;6-5+;;/t;15-;;;/m.0.../s1. The van der Waals surface area contributed by atoms with E-state index in [1.54, 1.807) is 87.5 Å². The van der Waals surface area contributed by atoms with Crippen molar-refractivity contribution in [3.05, 3.63) is 226 Å². The van der Waals surface area contributed by atoms with E-state index in [1.165, 1.54) is 97.8 Å². The summed E-state index contributed by atoms with van der Waals surface area (Å²) in [6, 6.07) is 31.3. The largest absolute Gasteiger partial charge is 0.492 e. The van der Waals surface area contributed by atoms with Crippen molar-refractivity contribution in [1.29, 1.82) is 0 Å². The third-order valence-electron chi connectivity index (χ3n) is 20.6. The monoisotopic (exact) mass is 2080 g/mol.